The highest BCUT2D eigenvalue weighted by Crippen LogP contribution is 2.21. The largest absolute Gasteiger partial charge is 0.492 e. The molecule has 3 aromatic rings. The minimum atomic E-state index is -5.08. The number of halogens is 6. The van der Waals surface area contributed by atoms with Crippen molar-refractivity contribution in [2.45, 2.75) is 55.6 Å². The highest BCUT2D eigenvalue weighted by molar-refractivity contribution is 7.89. The normalized spacial score (nSPS) is 13.8. The average Bonchev–Trinajstić information content (AvgIpc) is 3.12. The molecular formula is C34H38F6N4O10S. The number of sulfonamides is 1. The van der Waals surface area contributed by atoms with E-state index in [-0.39, 0.29) is 35.6 Å². The summed E-state index contributed by atoms with van der Waals surface area (Å²) in [5, 5.41) is 25.2. The zero-order valence-electron chi connectivity index (χ0n) is 28.9. The SMILES string of the molecule is CCOC(=O)c1ccc(S(=O)(=O)N[C@H](COc2cccc(C(=N)N)c2)Cc2ccc(OC3CCNCC3)cc2)cc1.O=C(O)C(F)(F)F.O=C(O)C(F)(F)F. The molecule has 14 nitrogen and oxygen atoms in total. The van der Waals surface area contributed by atoms with Crippen molar-refractivity contribution in [2.75, 3.05) is 26.3 Å². The van der Waals surface area contributed by atoms with E-state index in [4.69, 9.17) is 45.2 Å². The summed E-state index contributed by atoms with van der Waals surface area (Å²) in [6.45, 7) is 3.82. The maximum absolute atomic E-state index is 13.3. The molecule has 302 valence electrons. The van der Waals surface area contributed by atoms with E-state index in [1.165, 1.54) is 24.3 Å². The average molecular weight is 809 g/mol. The van der Waals surface area contributed by atoms with Crippen LogP contribution in [-0.4, -0.2) is 93.2 Å². The first-order chi connectivity index (χ1) is 25.6. The van der Waals surface area contributed by atoms with Gasteiger partial charge < -0.3 is 35.5 Å². The number of ether oxygens (including phenoxy) is 3. The van der Waals surface area contributed by atoms with Crippen LogP contribution in [0.3, 0.4) is 0 Å². The molecule has 0 unspecified atom stereocenters. The van der Waals surface area contributed by atoms with E-state index < -0.39 is 46.3 Å². The van der Waals surface area contributed by atoms with Crippen LogP contribution in [0.4, 0.5) is 26.3 Å². The number of nitrogen functional groups attached to an aromatic ring is 1. The van der Waals surface area contributed by atoms with Gasteiger partial charge in [-0.2, -0.15) is 26.3 Å². The van der Waals surface area contributed by atoms with Gasteiger partial charge in [0.15, 0.2) is 0 Å². The van der Waals surface area contributed by atoms with E-state index in [0.717, 1.165) is 37.2 Å². The van der Waals surface area contributed by atoms with Crippen molar-refractivity contribution >= 4 is 33.8 Å². The molecule has 1 saturated heterocycles. The van der Waals surface area contributed by atoms with E-state index in [0.29, 0.717) is 17.7 Å². The molecule has 0 amide bonds. The summed E-state index contributed by atoms with van der Waals surface area (Å²) in [5.74, 6) is -4.88. The Kier molecular flexibility index (Phi) is 17.4. The number of esters is 1. The Labute approximate surface area is 311 Å². The van der Waals surface area contributed by atoms with Gasteiger partial charge in [-0.25, -0.2) is 27.5 Å². The van der Waals surface area contributed by atoms with Gasteiger partial charge in [-0.05, 0) is 93.4 Å². The van der Waals surface area contributed by atoms with Crippen LogP contribution in [0.1, 0.15) is 41.3 Å². The first-order valence-corrected chi connectivity index (χ1v) is 17.5. The van der Waals surface area contributed by atoms with Gasteiger partial charge >= 0.3 is 30.3 Å². The van der Waals surface area contributed by atoms with Crippen LogP contribution in [0.15, 0.2) is 77.7 Å². The first-order valence-electron chi connectivity index (χ1n) is 16.1. The Morgan fingerprint density at radius 2 is 1.44 bits per heavy atom. The minimum Gasteiger partial charge on any atom is -0.492 e. The number of carboxylic acid groups (broad SMARTS) is 2. The number of aliphatic carboxylic acids is 2. The second-order valence-electron chi connectivity index (χ2n) is 11.3. The molecule has 4 rings (SSSR count). The number of amidine groups is 1. The summed E-state index contributed by atoms with van der Waals surface area (Å²) in [6, 6.07) is 19.4. The van der Waals surface area contributed by atoms with Crippen molar-refractivity contribution in [1.82, 2.24) is 10.0 Å². The van der Waals surface area contributed by atoms with Gasteiger partial charge in [0.05, 0.1) is 23.1 Å². The molecule has 0 bridgehead atoms. The van der Waals surface area contributed by atoms with Crippen LogP contribution in [0.25, 0.3) is 0 Å². The molecule has 21 heteroatoms. The van der Waals surface area contributed by atoms with Crippen LogP contribution in [0.5, 0.6) is 11.5 Å². The number of nitrogens with one attached hydrogen (secondary N) is 3. The number of benzene rings is 3. The van der Waals surface area contributed by atoms with Crippen molar-refractivity contribution in [3.63, 3.8) is 0 Å². The Balaban J connectivity index is 0.000000633. The number of carboxylic acids is 2. The number of rotatable bonds is 13. The number of hydrogen-bond acceptors (Lipinski definition) is 10. The van der Waals surface area contributed by atoms with Crippen LogP contribution >= 0.6 is 0 Å². The van der Waals surface area contributed by atoms with Gasteiger partial charge in [0.2, 0.25) is 10.0 Å². The lowest BCUT2D eigenvalue weighted by Gasteiger charge is -2.24. The van der Waals surface area contributed by atoms with Crippen molar-refractivity contribution in [1.29, 1.82) is 5.41 Å². The molecule has 1 aliphatic heterocycles. The van der Waals surface area contributed by atoms with Crippen molar-refractivity contribution in [3.8, 4) is 11.5 Å². The molecule has 1 heterocycles. The Bertz CT molecular complexity index is 1810. The van der Waals surface area contributed by atoms with Crippen LogP contribution in [0.2, 0.25) is 0 Å². The van der Waals surface area contributed by atoms with Crippen molar-refractivity contribution in [2.24, 2.45) is 5.73 Å². The summed E-state index contributed by atoms with van der Waals surface area (Å²) in [4.78, 5) is 29.8. The van der Waals surface area contributed by atoms with Crippen molar-refractivity contribution < 1.29 is 73.6 Å². The number of carbonyl (C=O) groups excluding carboxylic acids is 1. The maximum atomic E-state index is 13.3. The van der Waals surface area contributed by atoms with Gasteiger partial charge in [-0.1, -0.05) is 24.3 Å². The lowest BCUT2D eigenvalue weighted by atomic mass is 10.1. The number of carbonyl (C=O) groups is 3. The molecule has 1 atom stereocenters. The number of piperidine rings is 1. The number of hydrogen-bond donors (Lipinski definition) is 6. The second-order valence-corrected chi connectivity index (χ2v) is 13.1. The molecule has 0 saturated carbocycles. The lowest BCUT2D eigenvalue weighted by molar-refractivity contribution is -0.193. The molecular weight excluding hydrogens is 770 g/mol. The minimum absolute atomic E-state index is 0.0137. The summed E-state index contributed by atoms with van der Waals surface area (Å²) < 4.78 is 110. The van der Waals surface area contributed by atoms with Gasteiger partial charge in [0, 0.05) is 5.56 Å². The third-order valence-corrected chi connectivity index (χ3v) is 8.61. The topological polar surface area (TPSA) is 227 Å². The maximum Gasteiger partial charge on any atom is 0.490 e. The molecule has 1 aliphatic rings. The molecule has 1 fully saturated rings. The summed E-state index contributed by atoms with van der Waals surface area (Å²) in [6.07, 6.45) is -7.74. The molecule has 0 spiro atoms. The standard InChI is InChI=1S/C30H36N4O6S.2C2HF3O2/c1-2-38-30(35)22-8-12-28(13-9-22)41(36,37)34-24(20-39-27-5-3-4-23(19-27)29(31)32)18-21-6-10-25(11-7-21)40-26-14-16-33-17-15-26;2*3-2(4,5)1(6)7/h3-13,19,24,26,33-34H,2,14-18,20H2,1H3,(H3,31,32);2*(H,6,7)/t24-;;/m0../s1. The predicted molar refractivity (Wildman–Crippen MR) is 184 cm³/mol. The smallest absolute Gasteiger partial charge is 0.490 e. The third kappa shape index (κ3) is 16.7. The van der Waals surface area contributed by atoms with Gasteiger partial charge in [-0.3, -0.25) is 5.41 Å². The Morgan fingerprint density at radius 3 is 1.93 bits per heavy atom. The van der Waals surface area contributed by atoms with Crippen LogP contribution < -0.4 is 25.2 Å². The molecule has 0 aliphatic carbocycles. The quantitative estimate of drug-likeness (QED) is 0.0607. The molecule has 7 N–H and O–H groups in total. The predicted octanol–water partition coefficient (Wildman–Crippen LogP) is 4.51. The second kappa shape index (κ2) is 20.9. The Morgan fingerprint density at radius 1 is 0.891 bits per heavy atom. The Hall–Kier alpha value is -5.41. The van der Waals surface area contributed by atoms with E-state index in [2.05, 4.69) is 10.0 Å². The van der Waals surface area contributed by atoms with E-state index >= 15 is 0 Å². The number of alkyl halides is 6. The van der Waals surface area contributed by atoms with Crippen LogP contribution in [-0.2, 0) is 30.8 Å². The third-order valence-electron chi connectivity index (χ3n) is 7.07. The van der Waals surface area contributed by atoms with Gasteiger partial charge in [-0.15, -0.1) is 0 Å². The van der Waals surface area contributed by atoms with E-state index in [1.807, 2.05) is 24.3 Å². The van der Waals surface area contributed by atoms with E-state index in [9.17, 15) is 39.6 Å². The first kappa shape index (κ1) is 45.7. The molecule has 55 heavy (non-hydrogen) atoms. The van der Waals surface area contributed by atoms with Crippen molar-refractivity contribution in [3.05, 3.63) is 89.5 Å². The zero-order valence-corrected chi connectivity index (χ0v) is 29.8. The fourth-order valence-electron chi connectivity index (χ4n) is 4.45. The summed E-state index contributed by atoms with van der Waals surface area (Å²) in [7, 11) is -3.95. The molecule has 0 aromatic heterocycles. The lowest BCUT2D eigenvalue weighted by Crippen LogP contribution is -2.40. The molecule has 0 radical (unpaired) electrons. The molecule has 3 aromatic carbocycles. The number of nitrogens with two attached hydrogens (primary N) is 1. The monoisotopic (exact) mass is 808 g/mol. The highest BCUT2D eigenvalue weighted by atomic mass is 32.2. The van der Waals surface area contributed by atoms with Gasteiger partial charge in [0.1, 0.15) is 30.0 Å². The zero-order chi connectivity index (χ0) is 41.4. The van der Waals surface area contributed by atoms with E-state index in [1.54, 1.807) is 31.2 Å². The highest BCUT2D eigenvalue weighted by Gasteiger charge is 2.39. The van der Waals surface area contributed by atoms with Crippen LogP contribution in [0, 0.1) is 5.41 Å². The summed E-state index contributed by atoms with van der Waals surface area (Å²) in [5.41, 5.74) is 7.27. The van der Waals surface area contributed by atoms with Gasteiger partial charge in [0.25, 0.3) is 0 Å². The summed E-state index contributed by atoms with van der Waals surface area (Å²) >= 11 is 0. The fraction of sp³-hybridized carbons (Fsp3) is 0.353. The fourth-order valence-corrected chi connectivity index (χ4v) is 5.67.